The molecule has 75 heavy (non-hydrogen) atoms. The van der Waals surface area contributed by atoms with Gasteiger partial charge in [0.25, 0.3) is 0 Å². The Kier molecular flexibility index (Phi) is 62.5. The summed E-state index contributed by atoms with van der Waals surface area (Å²) in [5.74, 6) is -0.0629. The summed E-state index contributed by atoms with van der Waals surface area (Å²) in [4.78, 5) is 24.5. The van der Waals surface area contributed by atoms with Crippen molar-refractivity contribution >= 4 is 11.9 Å². The van der Waals surface area contributed by atoms with Crippen molar-refractivity contribution in [2.45, 2.75) is 366 Å². The molecule has 0 saturated heterocycles. The molecule has 0 radical (unpaired) electrons. The number of hydrogen-bond donors (Lipinski definition) is 3. The van der Waals surface area contributed by atoms with Gasteiger partial charge in [0.15, 0.2) is 0 Å². The fourth-order valence-electron chi connectivity index (χ4n) is 10.2. The van der Waals surface area contributed by atoms with E-state index in [2.05, 4.69) is 55.6 Å². The molecule has 0 aliphatic rings. The molecule has 6 nitrogen and oxygen atoms in total. The molecule has 0 aromatic carbocycles. The van der Waals surface area contributed by atoms with Crippen LogP contribution in [0.4, 0.5) is 0 Å². The van der Waals surface area contributed by atoms with E-state index in [9.17, 15) is 19.8 Å². The number of aliphatic hydroxyl groups is 2. The molecular formula is C69H129NO5. The SMILES string of the molecule is CCCC/C=C\C/C=C\CCCCCCCC(=O)OCCCCCCCCCCCCCC/C=C\CCCCCCCCCCCCCCCCCC(=O)NC(CO)C(O)/C=C/CCCCCCCCCCCCC. The van der Waals surface area contributed by atoms with Crippen LogP contribution in [0.25, 0.3) is 0 Å². The highest BCUT2D eigenvalue weighted by Gasteiger charge is 2.18. The van der Waals surface area contributed by atoms with Gasteiger partial charge >= 0.3 is 5.97 Å². The molecule has 0 aliphatic carbocycles. The first-order valence-electron chi connectivity index (χ1n) is 33.4. The van der Waals surface area contributed by atoms with Crippen LogP contribution in [0.2, 0.25) is 0 Å². The van der Waals surface area contributed by atoms with Crippen LogP contribution in [0.15, 0.2) is 48.6 Å². The average molecular weight is 1050 g/mol. The van der Waals surface area contributed by atoms with Gasteiger partial charge < -0.3 is 20.3 Å². The number of nitrogens with one attached hydrogen (secondary N) is 1. The molecule has 0 heterocycles. The molecule has 440 valence electrons. The van der Waals surface area contributed by atoms with Crippen molar-refractivity contribution in [2.75, 3.05) is 13.2 Å². The van der Waals surface area contributed by atoms with Crippen LogP contribution in [0, 0.1) is 0 Å². The summed E-state index contributed by atoms with van der Waals surface area (Å²) in [5, 5.41) is 23.1. The Morgan fingerprint density at radius 1 is 0.373 bits per heavy atom. The Bertz CT molecular complexity index is 1260. The van der Waals surface area contributed by atoms with Crippen LogP contribution in [-0.2, 0) is 14.3 Å². The fraction of sp³-hybridized carbons (Fsp3) is 0.855. The standard InChI is InChI=1S/C69H129NO5/c1-3-5-7-9-11-13-15-17-39-43-47-51-55-59-63-69(74)75-64-60-56-52-48-44-40-36-34-32-30-28-26-24-22-20-18-19-21-23-25-27-29-31-33-35-38-42-46-50-54-58-62-68(73)70-66(65-71)67(72)61-57-53-49-45-41-37-16-14-12-10-8-6-4-2/h9,11,15,17,20,22,57,61,66-67,71-72H,3-8,10,12-14,16,18-19,21,23-56,58-60,62-65H2,1-2H3,(H,70,73)/b11-9-,17-15-,22-20-,61-57+. The smallest absolute Gasteiger partial charge is 0.305 e. The summed E-state index contributed by atoms with van der Waals surface area (Å²) in [6.45, 7) is 4.87. The van der Waals surface area contributed by atoms with Crippen molar-refractivity contribution in [3.8, 4) is 0 Å². The van der Waals surface area contributed by atoms with E-state index in [1.165, 1.54) is 276 Å². The molecular weight excluding hydrogens is 923 g/mol. The second-order valence-electron chi connectivity index (χ2n) is 22.8. The molecule has 0 fully saturated rings. The average Bonchev–Trinajstić information content (AvgIpc) is 3.41. The first kappa shape index (κ1) is 72.8. The minimum absolute atomic E-state index is 0.00251. The second kappa shape index (κ2) is 64.3. The van der Waals surface area contributed by atoms with Gasteiger partial charge in [0.05, 0.1) is 25.4 Å². The van der Waals surface area contributed by atoms with Crippen molar-refractivity contribution in [1.82, 2.24) is 5.32 Å². The zero-order valence-electron chi connectivity index (χ0n) is 50.3. The van der Waals surface area contributed by atoms with Gasteiger partial charge in [-0.15, -0.1) is 0 Å². The maximum absolute atomic E-state index is 12.5. The van der Waals surface area contributed by atoms with Gasteiger partial charge in [0.1, 0.15) is 0 Å². The first-order valence-corrected chi connectivity index (χ1v) is 33.4. The van der Waals surface area contributed by atoms with E-state index in [1.807, 2.05) is 6.08 Å². The summed E-state index contributed by atoms with van der Waals surface area (Å²) < 4.78 is 5.48. The van der Waals surface area contributed by atoms with Crippen molar-refractivity contribution < 1.29 is 24.5 Å². The Morgan fingerprint density at radius 2 is 0.680 bits per heavy atom. The topological polar surface area (TPSA) is 95.9 Å². The number of allylic oxidation sites excluding steroid dienone is 7. The van der Waals surface area contributed by atoms with Gasteiger partial charge in [-0.1, -0.05) is 306 Å². The highest BCUT2D eigenvalue weighted by Crippen LogP contribution is 2.17. The second-order valence-corrected chi connectivity index (χ2v) is 22.8. The maximum Gasteiger partial charge on any atom is 0.305 e. The maximum atomic E-state index is 12.5. The third kappa shape index (κ3) is 60.9. The molecule has 3 N–H and O–H groups in total. The molecule has 0 saturated carbocycles. The quantitative estimate of drug-likeness (QED) is 0.0320. The molecule has 2 atom stereocenters. The lowest BCUT2D eigenvalue weighted by atomic mass is 10.0. The number of carbonyl (C=O) groups is 2. The lowest BCUT2D eigenvalue weighted by Gasteiger charge is -2.20. The van der Waals surface area contributed by atoms with E-state index < -0.39 is 12.1 Å². The van der Waals surface area contributed by atoms with Crippen molar-refractivity contribution in [2.24, 2.45) is 0 Å². The van der Waals surface area contributed by atoms with Gasteiger partial charge in [-0.2, -0.15) is 0 Å². The third-order valence-electron chi connectivity index (χ3n) is 15.3. The molecule has 0 aromatic rings. The summed E-state index contributed by atoms with van der Waals surface area (Å²) in [5.41, 5.74) is 0. The summed E-state index contributed by atoms with van der Waals surface area (Å²) in [6, 6.07) is -0.626. The highest BCUT2D eigenvalue weighted by atomic mass is 16.5. The van der Waals surface area contributed by atoms with Crippen LogP contribution in [0.5, 0.6) is 0 Å². The van der Waals surface area contributed by atoms with Gasteiger partial charge in [0, 0.05) is 12.8 Å². The van der Waals surface area contributed by atoms with Crippen molar-refractivity contribution in [1.29, 1.82) is 0 Å². The zero-order chi connectivity index (χ0) is 54.3. The molecule has 6 heteroatoms. The molecule has 0 aromatic heterocycles. The number of unbranched alkanes of at least 4 members (excludes halogenated alkanes) is 45. The Hall–Kier alpha value is -2.18. The van der Waals surface area contributed by atoms with Crippen LogP contribution >= 0.6 is 0 Å². The largest absolute Gasteiger partial charge is 0.466 e. The number of ether oxygens (including phenoxy) is 1. The van der Waals surface area contributed by atoms with E-state index >= 15 is 0 Å². The van der Waals surface area contributed by atoms with Crippen LogP contribution in [-0.4, -0.2) is 47.4 Å². The van der Waals surface area contributed by atoms with Crippen LogP contribution in [0.3, 0.4) is 0 Å². The summed E-state index contributed by atoms with van der Waals surface area (Å²) in [6.07, 6.45) is 83.2. The van der Waals surface area contributed by atoms with Gasteiger partial charge in [-0.3, -0.25) is 9.59 Å². The molecule has 1 amide bonds. The number of hydrogen-bond acceptors (Lipinski definition) is 5. The number of amides is 1. The Balaban J connectivity index is 3.37. The van der Waals surface area contributed by atoms with E-state index in [0.29, 0.717) is 19.4 Å². The Labute approximate surface area is 467 Å². The summed E-state index contributed by atoms with van der Waals surface area (Å²) >= 11 is 0. The number of esters is 1. The van der Waals surface area contributed by atoms with E-state index in [0.717, 1.165) is 51.4 Å². The van der Waals surface area contributed by atoms with Gasteiger partial charge in [-0.05, 0) is 83.5 Å². The predicted octanol–water partition coefficient (Wildman–Crippen LogP) is 21.3. The molecule has 2 unspecified atom stereocenters. The summed E-state index contributed by atoms with van der Waals surface area (Å²) in [7, 11) is 0. The van der Waals surface area contributed by atoms with Crippen molar-refractivity contribution in [3.63, 3.8) is 0 Å². The monoisotopic (exact) mass is 1050 g/mol. The molecule has 0 rings (SSSR count). The molecule has 0 aliphatic heterocycles. The van der Waals surface area contributed by atoms with Crippen LogP contribution in [0.1, 0.15) is 354 Å². The van der Waals surface area contributed by atoms with Gasteiger partial charge in [-0.25, -0.2) is 0 Å². The highest BCUT2D eigenvalue weighted by molar-refractivity contribution is 5.76. The zero-order valence-corrected chi connectivity index (χ0v) is 50.3. The number of aliphatic hydroxyl groups excluding tert-OH is 2. The van der Waals surface area contributed by atoms with Gasteiger partial charge in [0.2, 0.25) is 5.91 Å². The van der Waals surface area contributed by atoms with E-state index in [4.69, 9.17) is 4.74 Å². The minimum atomic E-state index is -0.842. The Morgan fingerprint density at radius 3 is 1.07 bits per heavy atom. The van der Waals surface area contributed by atoms with E-state index in [-0.39, 0.29) is 18.5 Å². The predicted molar refractivity (Wildman–Crippen MR) is 329 cm³/mol. The molecule has 0 spiro atoms. The normalized spacial score (nSPS) is 12.9. The minimum Gasteiger partial charge on any atom is -0.466 e. The lowest BCUT2D eigenvalue weighted by molar-refractivity contribution is -0.143. The number of rotatable bonds is 62. The molecule has 0 bridgehead atoms. The van der Waals surface area contributed by atoms with E-state index in [1.54, 1.807) is 6.08 Å². The van der Waals surface area contributed by atoms with Crippen LogP contribution < -0.4 is 5.32 Å². The van der Waals surface area contributed by atoms with Crippen molar-refractivity contribution in [3.05, 3.63) is 48.6 Å². The number of carbonyl (C=O) groups excluding carboxylic acids is 2. The fourth-order valence-corrected chi connectivity index (χ4v) is 10.2. The first-order chi connectivity index (χ1) is 37.0. The third-order valence-corrected chi connectivity index (χ3v) is 15.3. The lowest BCUT2D eigenvalue weighted by Crippen LogP contribution is -2.45.